The molecule has 0 aliphatic rings. The molecule has 0 aromatic rings. The summed E-state index contributed by atoms with van der Waals surface area (Å²) in [5.41, 5.74) is 6.32. The van der Waals surface area contributed by atoms with Crippen LogP contribution in [0.25, 0.3) is 0 Å². The molecule has 5 atom stereocenters. The molecule has 0 saturated heterocycles. The number of hydrogen-bond acceptors (Lipinski definition) is 10. The molecule has 0 saturated carbocycles. The molecule has 0 spiro atoms. The van der Waals surface area contributed by atoms with Crippen molar-refractivity contribution in [1.29, 1.82) is 0 Å². The van der Waals surface area contributed by atoms with Gasteiger partial charge in [-0.2, -0.15) is 0 Å². The summed E-state index contributed by atoms with van der Waals surface area (Å²) in [5.74, 6) is -0.444. The molecule has 5 unspecified atom stereocenters. The fourth-order valence-corrected chi connectivity index (χ4v) is 6.07. The van der Waals surface area contributed by atoms with Crippen LogP contribution in [0, 0.1) is 5.92 Å². The van der Waals surface area contributed by atoms with Gasteiger partial charge in [-0.25, -0.2) is 10.9 Å². The van der Waals surface area contributed by atoms with Crippen LogP contribution in [0.5, 0.6) is 0 Å². The minimum atomic E-state index is -0.871. The summed E-state index contributed by atoms with van der Waals surface area (Å²) < 4.78 is 0. The van der Waals surface area contributed by atoms with E-state index in [-0.39, 0.29) is 23.8 Å². The van der Waals surface area contributed by atoms with Crippen LogP contribution in [0.3, 0.4) is 0 Å². The van der Waals surface area contributed by atoms with Gasteiger partial charge in [0, 0.05) is 30.7 Å². The average Bonchev–Trinajstić information content (AvgIpc) is 2.96. The van der Waals surface area contributed by atoms with E-state index in [0.717, 1.165) is 64.8 Å². The lowest BCUT2D eigenvalue weighted by molar-refractivity contribution is -0.183. The third-order valence-electron chi connectivity index (χ3n) is 8.43. The molecule has 272 valence electrons. The Morgan fingerprint density at radius 2 is 1.33 bits per heavy atom. The van der Waals surface area contributed by atoms with E-state index in [4.69, 9.17) is 0 Å². The van der Waals surface area contributed by atoms with Gasteiger partial charge in [0.1, 0.15) is 5.66 Å². The van der Waals surface area contributed by atoms with Crippen molar-refractivity contribution in [2.24, 2.45) is 5.92 Å². The fraction of sp³-hybridized carbons (Fsp3) is 1.00. The van der Waals surface area contributed by atoms with Crippen LogP contribution in [-0.4, -0.2) is 85.7 Å². The van der Waals surface area contributed by atoms with Crippen molar-refractivity contribution in [3.05, 3.63) is 0 Å². The minimum absolute atomic E-state index is 0.0787. The highest BCUT2D eigenvalue weighted by Gasteiger charge is 2.67. The van der Waals surface area contributed by atoms with Crippen molar-refractivity contribution < 1.29 is 0 Å². The van der Waals surface area contributed by atoms with Crippen LogP contribution in [0.1, 0.15) is 142 Å². The van der Waals surface area contributed by atoms with Crippen molar-refractivity contribution in [2.75, 3.05) is 39.8 Å². The molecule has 0 aliphatic carbocycles. The first-order chi connectivity index (χ1) is 21.1. The second-order valence-electron chi connectivity index (χ2n) is 15.0. The highest BCUT2D eigenvalue weighted by atomic mass is 15.8. The van der Waals surface area contributed by atoms with Crippen LogP contribution in [0.4, 0.5) is 0 Å². The van der Waals surface area contributed by atoms with E-state index in [2.05, 4.69) is 157 Å². The summed E-state index contributed by atoms with van der Waals surface area (Å²) in [6.45, 7) is 36.0. The zero-order chi connectivity index (χ0) is 34.7. The quantitative estimate of drug-likeness (QED) is 0.0342. The van der Waals surface area contributed by atoms with Crippen LogP contribution < -0.4 is 48.1 Å². The Kier molecular flexibility index (Phi) is 22.1. The molecule has 9 N–H and O–H groups in total. The third kappa shape index (κ3) is 13.6. The highest BCUT2D eigenvalue weighted by Crippen LogP contribution is 2.36. The SMILES string of the molecule is CCCCCNN(NC(C)(C)C)C(NCC(C)C)(NC(C)CC)C(NCCCC)(NC(C)C)C(C)(NCCC)C(NC)NCC. The maximum Gasteiger partial charge on any atom is 0.187 e. The lowest BCUT2D eigenvalue weighted by atomic mass is 9.74. The molecule has 0 aromatic heterocycles. The molecular weight excluding hydrogens is 560 g/mol. The molecule has 0 radical (unpaired) electrons. The van der Waals surface area contributed by atoms with Crippen LogP contribution in [0.15, 0.2) is 0 Å². The number of hydrazine groups is 2. The zero-order valence-corrected chi connectivity index (χ0v) is 32.7. The van der Waals surface area contributed by atoms with Gasteiger partial charge < -0.3 is 16.0 Å². The number of rotatable bonds is 28. The Balaban J connectivity index is 8.36. The monoisotopic (exact) mass is 643 g/mol. The van der Waals surface area contributed by atoms with E-state index in [0.29, 0.717) is 5.92 Å². The van der Waals surface area contributed by atoms with Gasteiger partial charge in [-0.1, -0.05) is 67.7 Å². The summed E-state index contributed by atoms with van der Waals surface area (Å²) in [6.07, 6.45) is 7.56. The maximum atomic E-state index is 4.25. The fourth-order valence-electron chi connectivity index (χ4n) is 6.07. The molecule has 0 bridgehead atoms. The molecule has 0 amide bonds. The summed E-state index contributed by atoms with van der Waals surface area (Å²) in [6, 6.07) is 0.367. The number of nitrogens with zero attached hydrogens (tertiary/aromatic N) is 1. The van der Waals surface area contributed by atoms with E-state index >= 15 is 0 Å². The largest absolute Gasteiger partial charge is 0.306 e. The minimum Gasteiger partial charge on any atom is -0.306 e. The lowest BCUT2D eigenvalue weighted by Gasteiger charge is -2.66. The maximum absolute atomic E-state index is 4.25. The Labute approximate surface area is 281 Å². The van der Waals surface area contributed by atoms with Crippen molar-refractivity contribution >= 4 is 0 Å². The first-order valence-corrected chi connectivity index (χ1v) is 18.6. The molecule has 0 heterocycles. The van der Waals surface area contributed by atoms with Crippen molar-refractivity contribution in [2.45, 2.75) is 183 Å². The number of nitrogens with one attached hydrogen (secondary N) is 9. The molecule has 0 aromatic carbocycles. The molecule has 10 heteroatoms. The van der Waals surface area contributed by atoms with Crippen molar-refractivity contribution in [3.63, 3.8) is 0 Å². The molecular formula is C35H82N10. The van der Waals surface area contributed by atoms with Gasteiger partial charge >= 0.3 is 0 Å². The Morgan fingerprint density at radius 1 is 0.689 bits per heavy atom. The summed E-state index contributed by atoms with van der Waals surface area (Å²) in [5, 5.41) is 30.9. The van der Waals surface area contributed by atoms with Gasteiger partial charge in [-0.15, -0.1) is 5.12 Å². The van der Waals surface area contributed by atoms with Gasteiger partial charge in [-0.05, 0) is 107 Å². The number of hydrogen-bond donors (Lipinski definition) is 9. The second-order valence-corrected chi connectivity index (χ2v) is 15.0. The predicted molar refractivity (Wildman–Crippen MR) is 198 cm³/mol. The Bertz CT molecular complexity index is 730. The van der Waals surface area contributed by atoms with Gasteiger partial charge in [0.25, 0.3) is 0 Å². The van der Waals surface area contributed by atoms with Crippen LogP contribution in [-0.2, 0) is 0 Å². The average molecular weight is 643 g/mol. The molecule has 0 fully saturated rings. The molecule has 0 rings (SSSR count). The van der Waals surface area contributed by atoms with E-state index in [1.165, 1.54) is 12.8 Å². The van der Waals surface area contributed by atoms with Crippen molar-refractivity contribution in [3.8, 4) is 0 Å². The van der Waals surface area contributed by atoms with E-state index < -0.39 is 17.0 Å². The lowest BCUT2D eigenvalue weighted by Crippen LogP contribution is -2.99. The summed E-state index contributed by atoms with van der Waals surface area (Å²) in [7, 11) is 2.07. The Morgan fingerprint density at radius 3 is 1.80 bits per heavy atom. The van der Waals surface area contributed by atoms with Crippen LogP contribution >= 0.6 is 0 Å². The standard InChI is InChI=1S/C35H82N10/c1-16-21-23-26-41-45(44-32(11,12)13)35(40-27-28(6)7,43-30(10)19-4)34(42-29(8)9,39-25-22-17-2)33(14,38-24-18-3)31(36-15)37-20-5/h28-31,36-44H,16-27H2,1-15H3. The normalized spacial score (nSPS) is 18.3. The summed E-state index contributed by atoms with van der Waals surface area (Å²) in [4.78, 5) is 0. The number of likely N-dealkylation sites (N-methyl/N-ethyl adjacent to an activating group) is 2. The first kappa shape index (κ1) is 44.6. The molecule has 45 heavy (non-hydrogen) atoms. The molecule has 0 aliphatic heterocycles. The van der Waals surface area contributed by atoms with Gasteiger partial charge in [-0.3, -0.25) is 21.3 Å². The second kappa shape index (κ2) is 22.3. The van der Waals surface area contributed by atoms with Gasteiger partial charge in [0.15, 0.2) is 5.79 Å². The van der Waals surface area contributed by atoms with Gasteiger partial charge in [0.05, 0.1) is 11.7 Å². The molecule has 10 nitrogen and oxygen atoms in total. The predicted octanol–water partition coefficient (Wildman–Crippen LogP) is 4.57. The van der Waals surface area contributed by atoms with E-state index in [1.807, 2.05) is 0 Å². The van der Waals surface area contributed by atoms with Crippen molar-refractivity contribution in [1.82, 2.24) is 53.2 Å². The summed E-state index contributed by atoms with van der Waals surface area (Å²) >= 11 is 0. The topological polar surface area (TPSA) is 112 Å². The van der Waals surface area contributed by atoms with E-state index in [1.54, 1.807) is 0 Å². The third-order valence-corrected chi connectivity index (χ3v) is 8.43. The first-order valence-electron chi connectivity index (χ1n) is 18.6. The van der Waals surface area contributed by atoms with Gasteiger partial charge in [0.2, 0.25) is 0 Å². The Hall–Kier alpha value is -0.400. The smallest absolute Gasteiger partial charge is 0.187 e. The zero-order valence-electron chi connectivity index (χ0n) is 32.7. The van der Waals surface area contributed by atoms with E-state index in [9.17, 15) is 0 Å². The van der Waals surface area contributed by atoms with Crippen LogP contribution in [0.2, 0.25) is 0 Å². The number of unbranched alkanes of at least 4 members (excludes halogenated alkanes) is 3. The highest BCUT2D eigenvalue weighted by molar-refractivity contribution is 5.22.